The fraction of sp³-hybridized carbons (Fsp3) is 0. The van der Waals surface area contributed by atoms with Crippen LogP contribution in [-0.4, -0.2) is 18.7 Å². The Morgan fingerprint density at radius 3 is 1.40 bits per heavy atom. The topological polar surface area (TPSA) is 27.7 Å². The first-order valence-electron chi connectivity index (χ1n) is 15.3. The van der Waals surface area contributed by atoms with Crippen molar-refractivity contribution in [2.45, 2.75) is 0 Å². The van der Waals surface area contributed by atoms with Crippen LogP contribution in [-0.2, 0) is 0 Å². The molecule has 4 nitrogen and oxygen atoms in total. The van der Waals surface area contributed by atoms with Crippen LogP contribution >= 0.6 is 0 Å². The number of hydrogen-bond acceptors (Lipinski definition) is 1. The van der Waals surface area contributed by atoms with Gasteiger partial charge in [-0.25, -0.2) is 4.98 Å². The fourth-order valence-corrected chi connectivity index (χ4v) is 7.41. The maximum Gasteiger partial charge on any atom is 0.220 e. The maximum atomic E-state index is 5.26. The lowest BCUT2D eigenvalue weighted by atomic mass is 9.99. The number of hydrogen-bond donors (Lipinski definition) is 0. The molecule has 0 aliphatic heterocycles. The predicted octanol–water partition coefficient (Wildman–Crippen LogP) is 10.4. The van der Waals surface area contributed by atoms with E-state index in [2.05, 4.69) is 171 Å². The number of para-hydroxylation sites is 6. The van der Waals surface area contributed by atoms with Crippen molar-refractivity contribution in [1.82, 2.24) is 18.7 Å². The second kappa shape index (κ2) is 9.18. The third-order valence-electron chi connectivity index (χ3n) is 9.24. The number of rotatable bonds is 3. The Bertz CT molecular complexity index is 2750. The SMILES string of the molecule is c1ccc(-n2c(-n3c4ccccc4c4c5ccc6c(c5ccc43)c3ccccc3n6-c3ccccc3)nc3ccccc32)cc1. The molecule has 10 rings (SSSR count). The zero-order chi connectivity index (χ0) is 29.5. The lowest BCUT2D eigenvalue weighted by Gasteiger charge is -2.12. The Labute approximate surface area is 258 Å². The second-order valence-corrected chi connectivity index (χ2v) is 11.6. The summed E-state index contributed by atoms with van der Waals surface area (Å²) in [5, 5.41) is 7.50. The largest absolute Gasteiger partial charge is 0.309 e. The lowest BCUT2D eigenvalue weighted by Crippen LogP contribution is -2.05. The Hall–Kier alpha value is -6.13. The van der Waals surface area contributed by atoms with Crippen molar-refractivity contribution in [2.75, 3.05) is 0 Å². The predicted molar refractivity (Wildman–Crippen MR) is 187 cm³/mol. The van der Waals surface area contributed by atoms with Gasteiger partial charge in [-0.3, -0.25) is 9.13 Å². The summed E-state index contributed by atoms with van der Waals surface area (Å²) in [4.78, 5) is 5.26. The van der Waals surface area contributed by atoms with Gasteiger partial charge in [0.25, 0.3) is 0 Å². The number of fused-ring (bicyclic) bond motifs is 10. The third kappa shape index (κ3) is 3.34. The monoisotopic (exact) mass is 574 g/mol. The first-order valence-corrected chi connectivity index (χ1v) is 15.3. The van der Waals surface area contributed by atoms with Gasteiger partial charge in [0.1, 0.15) is 0 Å². The Morgan fingerprint density at radius 2 is 0.778 bits per heavy atom. The molecule has 0 saturated carbocycles. The molecule has 0 aliphatic carbocycles. The summed E-state index contributed by atoms with van der Waals surface area (Å²) < 4.78 is 7.01. The van der Waals surface area contributed by atoms with E-state index in [-0.39, 0.29) is 0 Å². The van der Waals surface area contributed by atoms with Gasteiger partial charge in [0.2, 0.25) is 5.95 Å². The molecule has 3 heterocycles. The molecule has 0 spiro atoms. The zero-order valence-corrected chi connectivity index (χ0v) is 24.3. The molecular weight excluding hydrogens is 548 g/mol. The van der Waals surface area contributed by atoms with E-state index >= 15 is 0 Å². The highest BCUT2D eigenvalue weighted by atomic mass is 15.2. The Kier molecular flexibility index (Phi) is 4.96. The minimum atomic E-state index is 0.884. The number of benzene rings is 7. The van der Waals surface area contributed by atoms with Crippen molar-refractivity contribution < 1.29 is 0 Å². The van der Waals surface area contributed by atoms with Crippen LogP contribution in [0.2, 0.25) is 0 Å². The molecule has 0 radical (unpaired) electrons. The molecule has 0 unspecified atom stereocenters. The van der Waals surface area contributed by atoms with Gasteiger partial charge in [0, 0.05) is 32.9 Å². The minimum Gasteiger partial charge on any atom is -0.309 e. The average Bonchev–Trinajstić information content (AvgIpc) is 3.76. The van der Waals surface area contributed by atoms with Crippen LogP contribution in [0.15, 0.2) is 158 Å². The van der Waals surface area contributed by atoms with Gasteiger partial charge in [0.15, 0.2) is 0 Å². The van der Waals surface area contributed by atoms with Crippen molar-refractivity contribution in [2.24, 2.45) is 0 Å². The van der Waals surface area contributed by atoms with E-state index in [4.69, 9.17) is 4.98 Å². The molecule has 10 aromatic rings. The quantitative estimate of drug-likeness (QED) is 0.206. The molecule has 0 fully saturated rings. The van der Waals surface area contributed by atoms with Gasteiger partial charge >= 0.3 is 0 Å². The number of nitrogens with zero attached hydrogens (tertiary/aromatic N) is 4. The summed E-state index contributed by atoms with van der Waals surface area (Å²) >= 11 is 0. The number of aromatic nitrogens is 4. The molecule has 0 amide bonds. The molecule has 0 atom stereocenters. The maximum absolute atomic E-state index is 5.26. The highest BCUT2D eigenvalue weighted by molar-refractivity contribution is 6.29. The summed E-state index contributed by atoms with van der Waals surface area (Å²) in [6, 6.07) is 56.3. The van der Waals surface area contributed by atoms with E-state index in [1.54, 1.807) is 0 Å². The van der Waals surface area contributed by atoms with E-state index in [9.17, 15) is 0 Å². The minimum absolute atomic E-state index is 0.884. The lowest BCUT2D eigenvalue weighted by molar-refractivity contribution is 0.956. The average molecular weight is 575 g/mol. The molecule has 45 heavy (non-hydrogen) atoms. The third-order valence-corrected chi connectivity index (χ3v) is 9.24. The Morgan fingerprint density at radius 1 is 0.311 bits per heavy atom. The Balaban J connectivity index is 1.36. The van der Waals surface area contributed by atoms with E-state index in [0.29, 0.717) is 0 Å². The molecule has 210 valence electrons. The van der Waals surface area contributed by atoms with Crippen molar-refractivity contribution in [3.05, 3.63) is 158 Å². The smallest absolute Gasteiger partial charge is 0.220 e. The molecule has 4 heteroatoms. The van der Waals surface area contributed by atoms with E-state index in [0.717, 1.165) is 33.7 Å². The van der Waals surface area contributed by atoms with Gasteiger partial charge in [-0.05, 0) is 71.4 Å². The van der Waals surface area contributed by atoms with Crippen molar-refractivity contribution in [1.29, 1.82) is 0 Å². The van der Waals surface area contributed by atoms with Crippen LogP contribution in [0.4, 0.5) is 0 Å². The van der Waals surface area contributed by atoms with Crippen molar-refractivity contribution >= 4 is 65.4 Å². The van der Waals surface area contributed by atoms with Gasteiger partial charge in [0.05, 0.1) is 33.1 Å². The van der Waals surface area contributed by atoms with Crippen LogP contribution in [0, 0.1) is 0 Å². The van der Waals surface area contributed by atoms with Gasteiger partial charge < -0.3 is 4.57 Å². The molecule has 0 aliphatic rings. The van der Waals surface area contributed by atoms with Crippen molar-refractivity contribution in [3.8, 4) is 17.3 Å². The van der Waals surface area contributed by atoms with Gasteiger partial charge in [-0.1, -0.05) is 97.1 Å². The van der Waals surface area contributed by atoms with Crippen LogP contribution in [0.3, 0.4) is 0 Å². The highest BCUT2D eigenvalue weighted by Gasteiger charge is 2.22. The van der Waals surface area contributed by atoms with Crippen LogP contribution in [0.25, 0.3) is 82.7 Å². The highest BCUT2D eigenvalue weighted by Crippen LogP contribution is 2.42. The molecule has 0 N–H and O–H groups in total. The summed E-state index contributed by atoms with van der Waals surface area (Å²) in [7, 11) is 0. The molecule has 0 bridgehead atoms. The van der Waals surface area contributed by atoms with Crippen molar-refractivity contribution in [3.63, 3.8) is 0 Å². The first-order chi connectivity index (χ1) is 22.4. The van der Waals surface area contributed by atoms with Crippen LogP contribution in [0.5, 0.6) is 0 Å². The normalized spacial score (nSPS) is 12.0. The molecular formula is C41H26N4. The second-order valence-electron chi connectivity index (χ2n) is 11.6. The molecule has 3 aromatic heterocycles. The van der Waals surface area contributed by atoms with E-state index in [1.807, 2.05) is 0 Å². The zero-order valence-electron chi connectivity index (χ0n) is 24.3. The first kappa shape index (κ1) is 24.3. The van der Waals surface area contributed by atoms with E-state index in [1.165, 1.54) is 49.0 Å². The van der Waals surface area contributed by atoms with Crippen LogP contribution < -0.4 is 0 Å². The van der Waals surface area contributed by atoms with E-state index < -0.39 is 0 Å². The summed E-state index contributed by atoms with van der Waals surface area (Å²) in [6.07, 6.45) is 0. The van der Waals surface area contributed by atoms with Gasteiger partial charge in [-0.2, -0.15) is 0 Å². The van der Waals surface area contributed by atoms with Crippen LogP contribution in [0.1, 0.15) is 0 Å². The molecule has 7 aromatic carbocycles. The summed E-state index contributed by atoms with van der Waals surface area (Å²) in [5.41, 5.74) is 9.01. The fourth-order valence-electron chi connectivity index (χ4n) is 7.41. The summed E-state index contributed by atoms with van der Waals surface area (Å²) in [6.45, 7) is 0. The van der Waals surface area contributed by atoms with Gasteiger partial charge in [-0.15, -0.1) is 0 Å². The number of imidazole rings is 1. The standard InChI is InChI=1S/C41H26N4/c1-3-13-27(14-4-1)43-34-20-10-7-17-31(34)39-29-24-26-38-40(30(29)23-25-37(39)43)32-18-8-11-21-35(32)45(38)41-42-33-19-9-12-22-36(33)44(41)28-15-5-2-6-16-28/h1-26H. The molecule has 0 saturated heterocycles. The summed E-state index contributed by atoms with van der Waals surface area (Å²) in [5.74, 6) is 0.884.